The van der Waals surface area contributed by atoms with Gasteiger partial charge in [0.2, 0.25) is 0 Å². The van der Waals surface area contributed by atoms with Crippen LogP contribution in [0.15, 0.2) is 0 Å². The first-order valence-electron chi connectivity index (χ1n) is 3.97. The van der Waals surface area contributed by atoms with E-state index < -0.39 is 0 Å². The first-order chi connectivity index (χ1) is 11.9. The summed E-state index contributed by atoms with van der Waals surface area (Å²) in [5.41, 5.74) is 0. The van der Waals surface area contributed by atoms with Crippen molar-refractivity contribution < 1.29 is 145 Å². The summed E-state index contributed by atoms with van der Waals surface area (Å²) < 4.78 is 0. The molecule has 144 valence electrons. The van der Waals surface area contributed by atoms with Crippen LogP contribution in [0.3, 0.4) is 0 Å². The fraction of sp³-hybridized carbons (Fsp3) is 0. The van der Waals surface area contributed by atoms with Gasteiger partial charge in [-0.05, 0) is 40.3 Å². The third-order valence-corrected chi connectivity index (χ3v) is 0.606. The molecule has 0 rings (SSSR count). The second-order valence-electron chi connectivity index (χ2n) is 1.55. The van der Waals surface area contributed by atoms with Crippen LogP contribution < -0.4 is 34.8 Å². The van der Waals surface area contributed by atoms with Crippen molar-refractivity contribution in [2.24, 2.45) is 0 Å². The quantitative estimate of drug-likeness (QED) is 0.0569. The largest absolute Gasteiger partial charge is 1.00 e. The zero-order valence-electron chi connectivity index (χ0n) is 11.0. The Morgan fingerprint density at radius 2 is 0.680 bits per heavy atom. The number of carbonyl (C=O) groups excluding carboxylic acids is 1. The van der Waals surface area contributed by atoms with Gasteiger partial charge in [0.05, 0.1) is 0 Å². The molecule has 23 nitrogen and oxygen atoms in total. The molecule has 0 aromatic carbocycles. The normalized spacial score (nSPS) is 10.4. The Balaban J connectivity index is 0. The first kappa shape index (κ1) is 26.9. The predicted octanol–water partition coefficient (Wildman–Crippen LogP) is -5.93. The van der Waals surface area contributed by atoms with Gasteiger partial charge in [0.1, 0.15) is 0 Å². The van der Waals surface area contributed by atoms with Crippen LogP contribution in [0, 0.1) is 0 Å². The van der Waals surface area contributed by atoms with Crippen LogP contribution in [0.25, 0.3) is 0 Å². The molecule has 0 N–H and O–H groups in total. The van der Waals surface area contributed by atoms with Crippen LogP contribution in [0.1, 0.15) is 0 Å². The van der Waals surface area contributed by atoms with Gasteiger partial charge in [-0.2, -0.15) is 0 Å². The zero-order chi connectivity index (χ0) is 17.6. The molecular weight excluding hydrogens is 403 g/mol. The van der Waals surface area contributed by atoms with Crippen molar-refractivity contribution in [1.29, 1.82) is 0 Å². The van der Waals surface area contributed by atoms with E-state index in [1.54, 1.807) is 0 Å². The van der Waals surface area contributed by atoms with E-state index in [9.17, 15) is 4.79 Å². The Bertz CT molecular complexity index is 230. The van der Waals surface area contributed by atoms with E-state index in [2.05, 4.69) is 106 Å². The SMILES string of the molecule is O=COOOOOOOOOOOOOOOOOOOOO[O-].[Na+]. The van der Waals surface area contributed by atoms with Gasteiger partial charge < -0.3 is 5.26 Å². The van der Waals surface area contributed by atoms with Crippen molar-refractivity contribution in [3.05, 3.63) is 0 Å². The Labute approximate surface area is 152 Å². The third kappa shape index (κ3) is 26.0. The molecule has 24 heteroatoms. The topological polar surface area (TPSA) is 234 Å². The minimum atomic E-state index is -0.160. The van der Waals surface area contributed by atoms with Gasteiger partial charge in [-0.3, -0.25) is 14.7 Å². The second kappa shape index (κ2) is 25.9. The number of hydrogen-bond donors (Lipinski definition) is 0. The minimum Gasteiger partial charge on any atom is -0.689 e. The summed E-state index contributed by atoms with van der Waals surface area (Å²) in [5.74, 6) is 0. The van der Waals surface area contributed by atoms with E-state index in [-0.39, 0.29) is 36.0 Å². The van der Waals surface area contributed by atoms with Gasteiger partial charge in [-0.1, -0.05) is 0 Å². The molecule has 25 heavy (non-hydrogen) atoms. The molecule has 0 heterocycles. The van der Waals surface area contributed by atoms with Crippen LogP contribution in [0.2, 0.25) is 0 Å². The van der Waals surface area contributed by atoms with E-state index in [0.29, 0.717) is 0 Å². The molecule has 0 unspecified atom stereocenters. The van der Waals surface area contributed by atoms with E-state index in [1.165, 1.54) is 0 Å². The minimum absolute atomic E-state index is 0. The Hall–Kier alpha value is -0.370. The number of rotatable bonds is 21. The van der Waals surface area contributed by atoms with Crippen LogP contribution in [-0.2, 0) is 110 Å². The Morgan fingerprint density at radius 3 is 0.920 bits per heavy atom. The molecule has 0 spiro atoms. The van der Waals surface area contributed by atoms with Gasteiger partial charge in [0, 0.05) is 55.4 Å². The van der Waals surface area contributed by atoms with Crippen molar-refractivity contribution >= 4 is 6.47 Å². The maximum atomic E-state index is 9.48. The number of hydrogen-bond acceptors (Lipinski definition) is 23. The molecule has 0 amide bonds. The maximum absolute atomic E-state index is 9.48. The smallest absolute Gasteiger partial charge is 0.689 e. The second-order valence-corrected chi connectivity index (χ2v) is 1.55. The van der Waals surface area contributed by atoms with Gasteiger partial charge >= 0.3 is 36.0 Å². The van der Waals surface area contributed by atoms with Gasteiger partial charge in [-0.25, -0.2) is 0 Å². The van der Waals surface area contributed by atoms with Gasteiger partial charge in [-0.15, -0.1) is 0 Å². The predicted molar refractivity (Wildman–Crippen MR) is 28.8 cm³/mol. The summed E-state index contributed by atoms with van der Waals surface area (Å²) >= 11 is 0. The summed E-state index contributed by atoms with van der Waals surface area (Å²) in [6, 6.07) is 0. The third-order valence-electron chi connectivity index (χ3n) is 0.606. The molecule has 0 aromatic rings. The summed E-state index contributed by atoms with van der Waals surface area (Å²) in [6.45, 7) is -0.160. The molecule has 0 aliphatic rings. The molecule has 0 fully saturated rings. The molecule has 0 saturated heterocycles. The average molecular weight is 404 g/mol. The monoisotopic (exact) mass is 404 g/mol. The van der Waals surface area contributed by atoms with E-state index in [4.69, 9.17) is 5.26 Å². The van der Waals surface area contributed by atoms with Crippen molar-refractivity contribution in [2.45, 2.75) is 0 Å². The zero-order valence-corrected chi connectivity index (χ0v) is 13.0. The van der Waals surface area contributed by atoms with E-state index >= 15 is 0 Å². The van der Waals surface area contributed by atoms with Crippen LogP contribution >= 0.6 is 0 Å². The summed E-state index contributed by atoms with van der Waals surface area (Å²) in [4.78, 5) is 13.0. The van der Waals surface area contributed by atoms with Crippen LogP contribution in [0.4, 0.5) is 0 Å². The van der Waals surface area contributed by atoms with Gasteiger partial charge in [0.15, 0.2) is 0 Å². The van der Waals surface area contributed by atoms with Crippen LogP contribution in [-0.4, -0.2) is 6.47 Å². The Kier molecular flexibility index (Phi) is 27.8. The van der Waals surface area contributed by atoms with Crippen molar-refractivity contribution in [3.63, 3.8) is 0 Å². The van der Waals surface area contributed by atoms with E-state index in [1.807, 2.05) is 0 Å². The molecule has 0 radical (unpaired) electrons. The average Bonchev–Trinajstić information content (AvgIpc) is 2.60. The van der Waals surface area contributed by atoms with Crippen molar-refractivity contribution in [3.8, 4) is 0 Å². The van der Waals surface area contributed by atoms with Gasteiger partial charge in [0.25, 0.3) is 0 Å². The summed E-state index contributed by atoms with van der Waals surface area (Å²) in [7, 11) is 0. The molecule has 0 aromatic heterocycles. The molecule has 0 aliphatic heterocycles. The number of carbonyl (C=O) groups is 1. The first-order valence-corrected chi connectivity index (χ1v) is 3.97. The van der Waals surface area contributed by atoms with Crippen molar-refractivity contribution in [2.75, 3.05) is 0 Å². The molecule has 0 atom stereocenters. The van der Waals surface area contributed by atoms with E-state index in [0.717, 1.165) is 0 Å². The fourth-order valence-corrected chi connectivity index (χ4v) is 0.236. The molecule has 0 bridgehead atoms. The standard InChI is InChI=1S/CH2O23.Na/c2-1-4-6-8-10-12-14-16-18-20-22-24-23-21-19-17-15-13-11-9-7-5-3;/h1,3H;/q;+1/p-1. The Morgan fingerprint density at radius 1 is 0.440 bits per heavy atom. The molecule has 0 aliphatic carbocycles. The summed E-state index contributed by atoms with van der Waals surface area (Å²) in [5, 5.41) is 76.7. The van der Waals surface area contributed by atoms with Crippen molar-refractivity contribution in [1.82, 2.24) is 0 Å². The van der Waals surface area contributed by atoms with Crippen LogP contribution in [0.5, 0.6) is 0 Å². The fourth-order valence-electron chi connectivity index (χ4n) is 0.236. The molecule has 0 saturated carbocycles. The maximum Gasteiger partial charge on any atom is 1.00 e. The summed E-state index contributed by atoms with van der Waals surface area (Å²) in [6.07, 6.45) is 0. The molecular formula is CHNaO23.